The Kier molecular flexibility index (Phi) is 8.27. The second-order valence-electron chi connectivity index (χ2n) is 7.44. The first-order valence-electron chi connectivity index (χ1n) is 10.3. The van der Waals surface area contributed by atoms with Gasteiger partial charge in [-0.25, -0.2) is 4.79 Å². The Morgan fingerprint density at radius 1 is 1.09 bits per heavy atom. The molecule has 7 heteroatoms. The van der Waals surface area contributed by atoms with Gasteiger partial charge in [-0.05, 0) is 71.9 Å². The average Bonchev–Trinajstić information content (AvgIpc) is 2.81. The predicted octanol–water partition coefficient (Wildman–Crippen LogP) is 4.61. The first-order valence-corrected chi connectivity index (χ1v) is 11.7. The first-order chi connectivity index (χ1) is 15.5. The molecule has 2 aromatic carbocycles. The average molecular weight is 450 g/mol. The van der Waals surface area contributed by atoms with Crippen molar-refractivity contribution in [2.24, 2.45) is 0 Å². The number of benzene rings is 2. The number of nitrogens with one attached hydrogen (secondary N) is 2. The van der Waals surface area contributed by atoms with Gasteiger partial charge in [0.2, 0.25) is 0 Å². The van der Waals surface area contributed by atoms with Gasteiger partial charge in [-0.1, -0.05) is 30.3 Å². The van der Waals surface area contributed by atoms with Crippen LogP contribution in [0, 0.1) is 6.92 Å². The summed E-state index contributed by atoms with van der Waals surface area (Å²) in [6.45, 7) is 2.56. The Bertz CT molecular complexity index is 1070. The van der Waals surface area contributed by atoms with E-state index in [9.17, 15) is 14.7 Å². The van der Waals surface area contributed by atoms with Gasteiger partial charge in [-0.3, -0.25) is 9.78 Å². The predicted molar refractivity (Wildman–Crippen MR) is 130 cm³/mol. The van der Waals surface area contributed by atoms with Gasteiger partial charge >= 0.3 is 5.97 Å². The molecular formula is C25H27N3O3S. The standard InChI is InChI=1S/C25H27N3O3S/c1-17-6-3-4-8-20(17)22-14-18(15-27-19-7-5-12-26-16-19)9-10-21(22)24(29)28-23(25(30)31)11-13-32-2/h3-10,12,14,16,23,27H,11,13,15H2,1-2H3,(H,28,29)(H,30,31)/t23-/m1/s1. The highest BCUT2D eigenvalue weighted by atomic mass is 32.2. The van der Waals surface area contributed by atoms with E-state index >= 15 is 0 Å². The monoisotopic (exact) mass is 449 g/mol. The fourth-order valence-electron chi connectivity index (χ4n) is 3.40. The molecule has 1 aromatic heterocycles. The lowest BCUT2D eigenvalue weighted by Gasteiger charge is -2.18. The number of pyridine rings is 1. The summed E-state index contributed by atoms with van der Waals surface area (Å²) in [6, 6.07) is 16.4. The molecule has 3 N–H and O–H groups in total. The number of hydrogen-bond acceptors (Lipinski definition) is 5. The molecule has 0 saturated carbocycles. The number of aryl methyl sites for hydroxylation is 1. The van der Waals surface area contributed by atoms with Crippen LogP contribution < -0.4 is 10.6 Å². The van der Waals surface area contributed by atoms with Crippen molar-refractivity contribution >= 4 is 29.3 Å². The van der Waals surface area contributed by atoms with E-state index in [4.69, 9.17) is 0 Å². The number of nitrogens with zero attached hydrogens (tertiary/aromatic N) is 1. The Balaban J connectivity index is 1.91. The molecule has 0 spiro atoms. The van der Waals surface area contributed by atoms with Crippen molar-refractivity contribution in [3.63, 3.8) is 0 Å². The number of amides is 1. The molecule has 1 heterocycles. The Labute approximate surface area is 192 Å². The van der Waals surface area contributed by atoms with Gasteiger partial charge in [0, 0.05) is 24.5 Å². The number of thioether (sulfide) groups is 1. The zero-order chi connectivity index (χ0) is 22.9. The van der Waals surface area contributed by atoms with Crippen molar-refractivity contribution < 1.29 is 14.7 Å². The summed E-state index contributed by atoms with van der Waals surface area (Å²) in [5.41, 5.74) is 5.12. The maximum Gasteiger partial charge on any atom is 0.326 e. The van der Waals surface area contributed by atoms with Crippen LogP contribution in [0.5, 0.6) is 0 Å². The highest BCUT2D eigenvalue weighted by Crippen LogP contribution is 2.28. The quantitative estimate of drug-likeness (QED) is 0.419. The highest BCUT2D eigenvalue weighted by Gasteiger charge is 2.22. The highest BCUT2D eigenvalue weighted by molar-refractivity contribution is 7.98. The second-order valence-corrected chi connectivity index (χ2v) is 8.42. The van der Waals surface area contributed by atoms with Crippen LogP contribution in [0.25, 0.3) is 11.1 Å². The molecule has 1 atom stereocenters. The SMILES string of the molecule is CSCC[C@@H](NC(=O)c1ccc(CNc2cccnc2)cc1-c1ccccc1C)C(=O)O. The summed E-state index contributed by atoms with van der Waals surface area (Å²) in [6.07, 6.45) is 5.76. The lowest BCUT2D eigenvalue weighted by Crippen LogP contribution is -2.41. The van der Waals surface area contributed by atoms with Crippen LogP contribution in [0.3, 0.4) is 0 Å². The number of aromatic nitrogens is 1. The van der Waals surface area contributed by atoms with E-state index < -0.39 is 12.0 Å². The van der Waals surface area contributed by atoms with Crippen LogP contribution in [0.15, 0.2) is 67.0 Å². The smallest absolute Gasteiger partial charge is 0.326 e. The summed E-state index contributed by atoms with van der Waals surface area (Å²) < 4.78 is 0. The number of carboxylic acid groups (broad SMARTS) is 1. The van der Waals surface area contributed by atoms with Crippen LogP contribution in [-0.4, -0.2) is 40.0 Å². The summed E-state index contributed by atoms with van der Waals surface area (Å²) >= 11 is 1.55. The minimum atomic E-state index is -1.03. The Morgan fingerprint density at radius 3 is 2.59 bits per heavy atom. The number of carboxylic acids is 1. The maximum absolute atomic E-state index is 13.1. The molecule has 0 aliphatic rings. The number of hydrogen-bond donors (Lipinski definition) is 3. The van der Waals surface area contributed by atoms with E-state index in [1.807, 2.05) is 61.7 Å². The van der Waals surface area contributed by atoms with Gasteiger partial charge in [0.1, 0.15) is 6.04 Å². The number of rotatable bonds is 10. The number of aliphatic carboxylic acids is 1. The van der Waals surface area contributed by atoms with Crippen LogP contribution in [0.2, 0.25) is 0 Å². The molecule has 166 valence electrons. The molecule has 0 radical (unpaired) electrons. The van der Waals surface area contributed by atoms with Gasteiger partial charge < -0.3 is 15.7 Å². The van der Waals surface area contributed by atoms with Crippen molar-refractivity contribution in [2.75, 3.05) is 17.3 Å². The first kappa shape index (κ1) is 23.3. The second kappa shape index (κ2) is 11.3. The molecule has 1 amide bonds. The van der Waals surface area contributed by atoms with E-state index in [2.05, 4.69) is 15.6 Å². The van der Waals surface area contributed by atoms with Gasteiger partial charge in [0.05, 0.1) is 5.69 Å². The van der Waals surface area contributed by atoms with Crippen molar-refractivity contribution in [1.29, 1.82) is 0 Å². The molecule has 0 aliphatic carbocycles. The molecule has 0 unspecified atom stereocenters. The molecule has 0 bridgehead atoms. The third-order valence-electron chi connectivity index (χ3n) is 5.14. The van der Waals surface area contributed by atoms with Crippen molar-refractivity contribution in [1.82, 2.24) is 10.3 Å². The van der Waals surface area contributed by atoms with E-state index in [1.165, 1.54) is 0 Å². The minimum Gasteiger partial charge on any atom is -0.480 e. The number of anilines is 1. The fraction of sp³-hybridized carbons (Fsp3) is 0.240. The summed E-state index contributed by atoms with van der Waals surface area (Å²) in [4.78, 5) is 28.8. The Morgan fingerprint density at radius 2 is 1.91 bits per heavy atom. The topological polar surface area (TPSA) is 91.3 Å². The molecule has 6 nitrogen and oxygen atoms in total. The van der Waals surface area contributed by atoms with Gasteiger partial charge in [-0.15, -0.1) is 0 Å². The fourth-order valence-corrected chi connectivity index (χ4v) is 3.87. The molecule has 0 saturated heterocycles. The zero-order valence-corrected chi connectivity index (χ0v) is 19.0. The zero-order valence-electron chi connectivity index (χ0n) is 18.2. The molecule has 32 heavy (non-hydrogen) atoms. The van der Waals surface area contributed by atoms with E-state index in [-0.39, 0.29) is 5.91 Å². The maximum atomic E-state index is 13.1. The normalized spacial score (nSPS) is 11.6. The van der Waals surface area contributed by atoms with Crippen molar-refractivity contribution in [2.45, 2.75) is 25.9 Å². The van der Waals surface area contributed by atoms with Crippen LogP contribution in [-0.2, 0) is 11.3 Å². The molecular weight excluding hydrogens is 422 g/mol. The minimum absolute atomic E-state index is 0.370. The van der Waals surface area contributed by atoms with Crippen LogP contribution in [0.1, 0.15) is 27.9 Å². The summed E-state index contributed by atoms with van der Waals surface area (Å²) in [5, 5.41) is 15.5. The summed E-state index contributed by atoms with van der Waals surface area (Å²) in [5.74, 6) is -0.758. The van der Waals surface area contributed by atoms with E-state index in [0.29, 0.717) is 24.3 Å². The van der Waals surface area contributed by atoms with Crippen LogP contribution >= 0.6 is 11.8 Å². The number of carbonyl (C=O) groups excluding carboxylic acids is 1. The van der Waals surface area contributed by atoms with E-state index in [1.54, 1.807) is 30.2 Å². The van der Waals surface area contributed by atoms with Crippen molar-refractivity contribution in [3.05, 3.63) is 83.7 Å². The molecule has 3 rings (SSSR count). The summed E-state index contributed by atoms with van der Waals surface area (Å²) in [7, 11) is 0. The van der Waals surface area contributed by atoms with Gasteiger partial charge in [0.25, 0.3) is 5.91 Å². The van der Waals surface area contributed by atoms with Gasteiger partial charge in [-0.2, -0.15) is 11.8 Å². The van der Waals surface area contributed by atoms with Gasteiger partial charge in [0.15, 0.2) is 0 Å². The lowest BCUT2D eigenvalue weighted by atomic mass is 9.93. The molecule has 0 fully saturated rings. The van der Waals surface area contributed by atoms with E-state index in [0.717, 1.165) is 27.9 Å². The van der Waals surface area contributed by atoms with Crippen LogP contribution in [0.4, 0.5) is 5.69 Å². The largest absolute Gasteiger partial charge is 0.480 e. The Hall–Kier alpha value is -3.32. The third-order valence-corrected chi connectivity index (χ3v) is 5.78. The third kappa shape index (κ3) is 6.11. The lowest BCUT2D eigenvalue weighted by molar-refractivity contribution is -0.139. The van der Waals surface area contributed by atoms with Crippen molar-refractivity contribution in [3.8, 4) is 11.1 Å². The molecule has 3 aromatic rings. The molecule has 0 aliphatic heterocycles. The number of carbonyl (C=O) groups is 2.